The average molecular weight is 223 g/mol. The maximum absolute atomic E-state index is 10.8. The van der Waals surface area contributed by atoms with Crippen molar-refractivity contribution in [3.05, 3.63) is 33.7 Å². The summed E-state index contributed by atoms with van der Waals surface area (Å²) >= 11 is 0. The van der Waals surface area contributed by atoms with Crippen molar-refractivity contribution in [1.82, 2.24) is 4.90 Å². The molecule has 2 N–H and O–H groups in total. The molecule has 0 aromatic carbocycles. The predicted molar refractivity (Wildman–Crippen MR) is 60.9 cm³/mol. The van der Waals surface area contributed by atoms with Crippen LogP contribution in [0.15, 0.2) is 23.5 Å². The highest BCUT2D eigenvalue weighted by Gasteiger charge is 2.35. The number of allylic oxidation sites excluding steroid dienone is 3. The molecule has 5 heteroatoms. The Kier molecular flexibility index (Phi) is 2.96. The summed E-state index contributed by atoms with van der Waals surface area (Å²) in [5, 5.41) is 10.8. The summed E-state index contributed by atoms with van der Waals surface area (Å²) < 4.78 is 0. The third kappa shape index (κ3) is 1.82. The van der Waals surface area contributed by atoms with Crippen LogP contribution in [0.5, 0.6) is 0 Å². The molecule has 0 radical (unpaired) electrons. The SMILES string of the molecule is CC1=CC=C([N+](=O)[O-])C(N)N1C1CCCC1. The largest absolute Gasteiger partial charge is 0.348 e. The summed E-state index contributed by atoms with van der Waals surface area (Å²) in [5.41, 5.74) is 7.10. The van der Waals surface area contributed by atoms with Crippen LogP contribution in [0.4, 0.5) is 0 Å². The third-order valence-corrected chi connectivity index (χ3v) is 3.43. The van der Waals surface area contributed by atoms with E-state index < -0.39 is 6.17 Å². The number of nitrogens with zero attached hydrogens (tertiary/aromatic N) is 2. The fourth-order valence-corrected chi connectivity index (χ4v) is 2.62. The number of hydrogen-bond donors (Lipinski definition) is 1. The second-order valence-corrected chi connectivity index (χ2v) is 4.45. The second kappa shape index (κ2) is 4.25. The van der Waals surface area contributed by atoms with Crippen molar-refractivity contribution in [2.45, 2.75) is 44.8 Å². The van der Waals surface area contributed by atoms with E-state index in [1.807, 2.05) is 11.8 Å². The van der Waals surface area contributed by atoms with Crippen LogP contribution in [-0.2, 0) is 0 Å². The van der Waals surface area contributed by atoms with Crippen molar-refractivity contribution in [2.75, 3.05) is 0 Å². The van der Waals surface area contributed by atoms with Gasteiger partial charge >= 0.3 is 0 Å². The summed E-state index contributed by atoms with van der Waals surface area (Å²) in [7, 11) is 0. The van der Waals surface area contributed by atoms with Gasteiger partial charge in [0, 0.05) is 17.8 Å². The Morgan fingerprint density at radius 1 is 1.44 bits per heavy atom. The first-order valence-corrected chi connectivity index (χ1v) is 5.68. The van der Waals surface area contributed by atoms with Crippen molar-refractivity contribution < 1.29 is 4.92 Å². The number of rotatable bonds is 2. The zero-order chi connectivity index (χ0) is 11.7. The lowest BCUT2D eigenvalue weighted by molar-refractivity contribution is -0.433. The zero-order valence-electron chi connectivity index (χ0n) is 9.43. The molecule has 1 saturated carbocycles. The van der Waals surface area contributed by atoms with Crippen molar-refractivity contribution in [3.63, 3.8) is 0 Å². The van der Waals surface area contributed by atoms with Gasteiger partial charge in [-0.25, -0.2) is 0 Å². The molecule has 88 valence electrons. The molecular weight excluding hydrogens is 206 g/mol. The highest BCUT2D eigenvalue weighted by Crippen LogP contribution is 2.30. The van der Waals surface area contributed by atoms with Gasteiger partial charge in [0.2, 0.25) is 0 Å². The van der Waals surface area contributed by atoms with Gasteiger partial charge in [0.15, 0.2) is 6.17 Å². The van der Waals surface area contributed by atoms with Gasteiger partial charge < -0.3 is 10.6 Å². The van der Waals surface area contributed by atoms with E-state index in [-0.39, 0.29) is 10.6 Å². The molecule has 0 aromatic rings. The summed E-state index contributed by atoms with van der Waals surface area (Å²) in [6, 6.07) is 0.370. The third-order valence-electron chi connectivity index (χ3n) is 3.43. The van der Waals surface area contributed by atoms with E-state index in [1.54, 1.807) is 6.08 Å². The fourth-order valence-electron chi connectivity index (χ4n) is 2.62. The normalized spacial score (nSPS) is 26.6. The van der Waals surface area contributed by atoms with Crippen LogP contribution in [0.3, 0.4) is 0 Å². The molecule has 0 aromatic heterocycles. The van der Waals surface area contributed by atoms with Crippen LogP contribution in [0.25, 0.3) is 0 Å². The van der Waals surface area contributed by atoms with Crippen LogP contribution in [0.1, 0.15) is 32.6 Å². The maximum Gasteiger partial charge on any atom is 0.283 e. The quantitative estimate of drug-likeness (QED) is 0.570. The Balaban J connectivity index is 2.23. The van der Waals surface area contributed by atoms with Gasteiger partial charge in [-0.1, -0.05) is 12.8 Å². The van der Waals surface area contributed by atoms with Crippen LogP contribution in [0.2, 0.25) is 0 Å². The van der Waals surface area contributed by atoms with E-state index in [0.29, 0.717) is 6.04 Å². The molecule has 16 heavy (non-hydrogen) atoms. The monoisotopic (exact) mass is 223 g/mol. The van der Waals surface area contributed by atoms with Crippen LogP contribution >= 0.6 is 0 Å². The average Bonchev–Trinajstić information content (AvgIpc) is 2.70. The standard InChI is InChI=1S/C11H17N3O2/c1-8-6-7-10(14(15)16)11(12)13(8)9-4-2-3-5-9/h6-7,9,11H,2-5,12H2,1H3. The Bertz CT molecular complexity index is 356. The molecular formula is C11H17N3O2. The Morgan fingerprint density at radius 2 is 2.06 bits per heavy atom. The number of nitrogens with two attached hydrogens (primary N) is 1. The minimum absolute atomic E-state index is 0.0949. The van der Waals surface area contributed by atoms with Crippen molar-refractivity contribution in [1.29, 1.82) is 0 Å². The lowest BCUT2D eigenvalue weighted by Gasteiger charge is -2.36. The Labute approximate surface area is 94.8 Å². The van der Waals surface area contributed by atoms with E-state index in [2.05, 4.69) is 0 Å². The molecule has 1 atom stereocenters. The molecule has 0 bridgehead atoms. The Hall–Kier alpha value is -1.36. The minimum Gasteiger partial charge on any atom is -0.348 e. The molecule has 2 rings (SSSR count). The molecule has 1 aliphatic heterocycles. The van der Waals surface area contributed by atoms with Gasteiger partial charge in [-0.3, -0.25) is 10.1 Å². The first-order chi connectivity index (χ1) is 7.61. The van der Waals surface area contributed by atoms with Gasteiger partial charge in [0.1, 0.15) is 0 Å². The van der Waals surface area contributed by atoms with Crippen LogP contribution in [-0.4, -0.2) is 22.0 Å². The molecule has 1 heterocycles. The van der Waals surface area contributed by atoms with E-state index in [4.69, 9.17) is 5.73 Å². The van der Waals surface area contributed by atoms with Crippen molar-refractivity contribution >= 4 is 0 Å². The summed E-state index contributed by atoms with van der Waals surface area (Å²) in [6.07, 6.45) is 7.28. The highest BCUT2D eigenvalue weighted by atomic mass is 16.6. The van der Waals surface area contributed by atoms with Crippen LogP contribution < -0.4 is 5.73 Å². The van der Waals surface area contributed by atoms with Gasteiger partial charge in [0.05, 0.1) is 4.92 Å². The van der Waals surface area contributed by atoms with E-state index in [1.165, 1.54) is 18.9 Å². The Morgan fingerprint density at radius 3 is 2.62 bits per heavy atom. The second-order valence-electron chi connectivity index (χ2n) is 4.45. The van der Waals surface area contributed by atoms with E-state index in [9.17, 15) is 10.1 Å². The smallest absolute Gasteiger partial charge is 0.283 e. The van der Waals surface area contributed by atoms with Gasteiger partial charge in [0.25, 0.3) is 5.70 Å². The fraction of sp³-hybridized carbons (Fsp3) is 0.636. The first kappa shape index (κ1) is 11.1. The van der Waals surface area contributed by atoms with Crippen molar-refractivity contribution in [2.24, 2.45) is 5.73 Å². The number of hydrogen-bond acceptors (Lipinski definition) is 4. The zero-order valence-corrected chi connectivity index (χ0v) is 9.43. The molecule has 0 amide bonds. The van der Waals surface area contributed by atoms with Gasteiger partial charge in [-0.05, 0) is 25.8 Å². The summed E-state index contributed by atoms with van der Waals surface area (Å²) in [5.74, 6) is 0. The minimum atomic E-state index is -0.594. The molecule has 0 spiro atoms. The highest BCUT2D eigenvalue weighted by molar-refractivity contribution is 5.23. The van der Waals surface area contributed by atoms with Crippen LogP contribution in [0, 0.1) is 10.1 Å². The molecule has 1 fully saturated rings. The molecule has 5 nitrogen and oxygen atoms in total. The van der Waals surface area contributed by atoms with E-state index >= 15 is 0 Å². The summed E-state index contributed by atoms with van der Waals surface area (Å²) in [6.45, 7) is 1.96. The molecule has 0 saturated heterocycles. The first-order valence-electron chi connectivity index (χ1n) is 5.68. The topological polar surface area (TPSA) is 72.4 Å². The summed E-state index contributed by atoms with van der Waals surface area (Å²) in [4.78, 5) is 12.5. The molecule has 1 unspecified atom stereocenters. The lowest BCUT2D eigenvalue weighted by Crippen LogP contribution is -2.49. The lowest BCUT2D eigenvalue weighted by atomic mass is 10.1. The maximum atomic E-state index is 10.8. The van der Waals surface area contributed by atoms with Gasteiger partial charge in [-0.2, -0.15) is 0 Å². The van der Waals surface area contributed by atoms with E-state index in [0.717, 1.165) is 18.5 Å². The molecule has 2 aliphatic rings. The predicted octanol–water partition coefficient (Wildman–Crippen LogP) is 1.59. The van der Waals surface area contributed by atoms with Gasteiger partial charge in [-0.15, -0.1) is 0 Å². The number of nitro groups is 1. The molecule has 1 aliphatic carbocycles. The van der Waals surface area contributed by atoms with Crippen molar-refractivity contribution in [3.8, 4) is 0 Å².